The summed E-state index contributed by atoms with van der Waals surface area (Å²) in [7, 11) is 0. The number of aromatic nitrogens is 6. The van der Waals surface area contributed by atoms with Crippen molar-refractivity contribution < 1.29 is 4.39 Å². The highest BCUT2D eigenvalue weighted by Gasteiger charge is 2.44. The van der Waals surface area contributed by atoms with E-state index in [4.69, 9.17) is 20.8 Å². The third kappa shape index (κ3) is 7.29. The Labute approximate surface area is 353 Å². The fourth-order valence-corrected chi connectivity index (χ4v) is 11.4. The summed E-state index contributed by atoms with van der Waals surface area (Å²) >= 11 is 15.9. The van der Waals surface area contributed by atoms with Gasteiger partial charge in [-0.25, -0.2) is 28.8 Å². The molecule has 9 nitrogen and oxygen atoms in total. The summed E-state index contributed by atoms with van der Waals surface area (Å²) in [6.45, 7) is 0. The van der Waals surface area contributed by atoms with Crippen molar-refractivity contribution in [3.05, 3.63) is 104 Å². The second-order valence-electron chi connectivity index (χ2n) is 15.4. The molecule has 3 atom stereocenters. The van der Waals surface area contributed by atoms with Gasteiger partial charge in [0.15, 0.2) is 0 Å². The zero-order valence-corrected chi connectivity index (χ0v) is 36.4. The van der Waals surface area contributed by atoms with Crippen molar-refractivity contribution in [1.29, 1.82) is 0 Å². The number of nitrogen functional groups attached to an aromatic ring is 1. The van der Waals surface area contributed by atoms with Crippen LogP contribution in [-0.4, -0.2) is 41.6 Å². The highest BCUT2D eigenvalue weighted by molar-refractivity contribution is 9.11. The number of hydrogen-bond acceptors (Lipinski definition) is 8. The largest absolute Gasteiger partial charge is 0.383 e. The lowest BCUT2D eigenvalue weighted by Gasteiger charge is -2.28. The van der Waals surface area contributed by atoms with Gasteiger partial charge in [-0.1, -0.05) is 75.8 Å². The van der Waals surface area contributed by atoms with Crippen molar-refractivity contribution in [1.82, 2.24) is 29.5 Å². The number of rotatable bonds is 9. The average Bonchev–Trinajstić information content (AvgIpc) is 4.03. The van der Waals surface area contributed by atoms with Gasteiger partial charge >= 0.3 is 0 Å². The molecule has 0 radical (unpaired) electrons. The van der Waals surface area contributed by atoms with Gasteiger partial charge in [-0.3, -0.25) is 0 Å². The third-order valence-corrected chi connectivity index (χ3v) is 15.0. The molecule has 4 aliphatic rings. The number of benzene rings is 1. The zero-order valence-electron chi connectivity index (χ0n) is 30.0. The summed E-state index contributed by atoms with van der Waals surface area (Å²) < 4.78 is 16.4. The van der Waals surface area contributed by atoms with Gasteiger partial charge in [0.25, 0.3) is 0 Å². The molecule has 4 heterocycles. The normalized spacial score (nSPS) is 24.3. The summed E-state index contributed by atoms with van der Waals surface area (Å²) in [5.74, 6) is 1.72. The van der Waals surface area contributed by atoms with Crippen molar-refractivity contribution in [2.24, 2.45) is 0 Å². The molecule has 14 heteroatoms. The van der Waals surface area contributed by atoms with Gasteiger partial charge < -0.3 is 16.4 Å². The van der Waals surface area contributed by atoms with E-state index in [0.717, 1.165) is 93.1 Å². The lowest BCUT2D eigenvalue weighted by atomic mass is 9.90. The fraction of sp³-hybridized carbons (Fsp3) is 0.390. The Bertz CT molecular complexity index is 2330. The van der Waals surface area contributed by atoms with Crippen LogP contribution in [0.15, 0.2) is 76.0 Å². The minimum Gasteiger partial charge on any atom is -0.383 e. The molecule has 0 saturated heterocycles. The van der Waals surface area contributed by atoms with Gasteiger partial charge in [-0.05, 0) is 124 Å². The van der Waals surface area contributed by atoms with E-state index < -0.39 is 8.65 Å². The standard InChI is InChI=1S/C41H40Br4FN9/c42-31-21-48-38(50-27-5-1-2-6-27)52-35(31)24-13-15-40(44,19-24)29-17-30(37(47)55-34(29)18-33(54-55)23-9-11-26(46)12-10-23)41(45)16-14-25(20-41)36-32(43)22-49-39(53-36)51-28-7-3-4-8-28/h9-12,14,16-18,20-22,24,27-28H,1-8,13,15,19,47H2,(H,48,50,52)(H,49,51,53). The molecule has 0 bridgehead atoms. The van der Waals surface area contributed by atoms with Crippen LogP contribution in [0, 0.1) is 5.82 Å². The Morgan fingerprint density at radius 2 is 1.47 bits per heavy atom. The van der Waals surface area contributed by atoms with Crippen molar-refractivity contribution in [3.8, 4) is 11.3 Å². The van der Waals surface area contributed by atoms with E-state index >= 15 is 0 Å². The number of halogens is 5. The molecule has 1 aromatic carbocycles. The molecule has 4 aromatic heterocycles. The number of nitrogens with two attached hydrogens (primary N) is 1. The number of nitrogens with zero attached hydrogens (tertiary/aromatic N) is 6. The van der Waals surface area contributed by atoms with E-state index in [1.807, 2.05) is 16.9 Å². The molecule has 0 amide bonds. The number of allylic oxidation sites excluding steroid dienone is 4. The maximum Gasteiger partial charge on any atom is 0.223 e. The van der Waals surface area contributed by atoms with E-state index in [1.165, 1.54) is 37.8 Å². The van der Waals surface area contributed by atoms with E-state index in [9.17, 15) is 4.39 Å². The molecule has 284 valence electrons. The van der Waals surface area contributed by atoms with Gasteiger partial charge in [0.1, 0.15) is 11.6 Å². The molecule has 0 aliphatic heterocycles. The van der Waals surface area contributed by atoms with Crippen molar-refractivity contribution in [2.75, 3.05) is 16.4 Å². The van der Waals surface area contributed by atoms with Crippen LogP contribution in [0.5, 0.6) is 0 Å². The lowest BCUT2D eigenvalue weighted by Crippen LogP contribution is -2.21. The van der Waals surface area contributed by atoms with Crippen molar-refractivity contribution >= 4 is 92.5 Å². The van der Waals surface area contributed by atoms with Crippen molar-refractivity contribution in [3.63, 3.8) is 0 Å². The maximum absolute atomic E-state index is 14.0. The Balaban J connectivity index is 1.11. The van der Waals surface area contributed by atoms with Crippen LogP contribution in [0.3, 0.4) is 0 Å². The van der Waals surface area contributed by atoms with Crippen LogP contribution >= 0.6 is 63.7 Å². The highest BCUT2D eigenvalue weighted by Crippen LogP contribution is 2.56. The zero-order chi connectivity index (χ0) is 37.9. The van der Waals surface area contributed by atoms with E-state index in [-0.39, 0.29) is 11.7 Å². The Kier molecular flexibility index (Phi) is 10.2. The fourth-order valence-electron chi connectivity index (χ4n) is 8.80. The Morgan fingerprint density at radius 3 is 2.16 bits per heavy atom. The van der Waals surface area contributed by atoms with Gasteiger partial charge in [-0.15, -0.1) is 0 Å². The first-order valence-corrected chi connectivity index (χ1v) is 22.2. The van der Waals surface area contributed by atoms with Gasteiger partial charge in [-0.2, -0.15) is 5.10 Å². The van der Waals surface area contributed by atoms with Crippen molar-refractivity contribution in [2.45, 2.75) is 97.3 Å². The highest BCUT2D eigenvalue weighted by atomic mass is 79.9. The van der Waals surface area contributed by atoms with Crippen LogP contribution in [0.25, 0.3) is 22.3 Å². The molecule has 0 spiro atoms. The number of alkyl halides is 2. The smallest absolute Gasteiger partial charge is 0.223 e. The monoisotopic (exact) mass is 993 g/mol. The van der Waals surface area contributed by atoms with E-state index in [1.54, 1.807) is 12.1 Å². The van der Waals surface area contributed by atoms with Gasteiger partial charge in [0, 0.05) is 41.5 Å². The van der Waals surface area contributed by atoms with Crippen LogP contribution < -0.4 is 16.4 Å². The number of fused-ring (bicyclic) bond motifs is 1. The molecular formula is C41H40Br4FN9. The Hall–Kier alpha value is -3.20. The van der Waals surface area contributed by atoms with E-state index in [0.29, 0.717) is 35.5 Å². The number of nitrogens with one attached hydrogen (secondary N) is 2. The van der Waals surface area contributed by atoms with Crippen LogP contribution in [0.4, 0.5) is 22.1 Å². The van der Waals surface area contributed by atoms with E-state index in [2.05, 4.69) is 115 Å². The summed E-state index contributed by atoms with van der Waals surface area (Å²) in [5.41, 5.74) is 14.2. The first kappa shape index (κ1) is 37.4. The number of anilines is 3. The number of hydrogen-bond donors (Lipinski definition) is 3. The SMILES string of the molecule is Nc1c(C2(Br)C=CC(c3nc(NC4CCCC4)ncc3Br)=C2)cc(C2(Br)CCC(c3nc(NC4CCCC4)ncc3Br)C2)c2cc(-c3ccc(F)cc3)nn12. The summed E-state index contributed by atoms with van der Waals surface area (Å²) in [4.78, 5) is 19.2. The molecule has 3 fully saturated rings. The van der Waals surface area contributed by atoms with Crippen LogP contribution in [0.1, 0.15) is 99.1 Å². The molecule has 4 N–H and O–H groups in total. The van der Waals surface area contributed by atoms with Gasteiger partial charge in [0.2, 0.25) is 11.9 Å². The number of pyridine rings is 1. The first-order chi connectivity index (χ1) is 26.5. The first-order valence-electron chi connectivity index (χ1n) is 19.0. The quantitative estimate of drug-likeness (QED) is 0.125. The van der Waals surface area contributed by atoms with Crippen LogP contribution in [0.2, 0.25) is 0 Å². The summed E-state index contributed by atoms with van der Waals surface area (Å²) in [5, 5.41) is 12.2. The molecule has 3 unspecified atom stereocenters. The Morgan fingerprint density at radius 1 is 0.818 bits per heavy atom. The van der Waals surface area contributed by atoms with Gasteiger partial charge in [0.05, 0.1) is 40.2 Å². The predicted molar refractivity (Wildman–Crippen MR) is 231 cm³/mol. The second-order valence-corrected chi connectivity index (χ2v) is 19.9. The summed E-state index contributed by atoms with van der Waals surface area (Å²) in [6.07, 6.45) is 22.1. The van der Waals surface area contributed by atoms with Crippen LogP contribution in [-0.2, 0) is 8.65 Å². The minimum atomic E-state index is -0.751. The molecule has 4 aliphatic carbocycles. The minimum absolute atomic E-state index is 0.180. The second kappa shape index (κ2) is 14.9. The predicted octanol–water partition coefficient (Wildman–Crippen LogP) is 11.3. The molecule has 55 heavy (non-hydrogen) atoms. The molecular weight excluding hydrogens is 957 g/mol. The lowest BCUT2D eigenvalue weighted by molar-refractivity contribution is 0.628. The topological polar surface area (TPSA) is 119 Å². The maximum atomic E-state index is 14.0. The summed E-state index contributed by atoms with van der Waals surface area (Å²) in [6, 6.07) is 11.5. The molecule has 5 aromatic rings. The third-order valence-electron chi connectivity index (χ3n) is 11.7. The molecule has 9 rings (SSSR count). The molecule has 3 saturated carbocycles. The average molecular weight is 997 g/mol.